The minimum atomic E-state index is 0.00220. The molecule has 0 fully saturated rings. The number of hydrogen-bond donors (Lipinski definition) is 1. The van der Waals surface area contributed by atoms with Crippen molar-refractivity contribution < 1.29 is 4.79 Å². The highest BCUT2D eigenvalue weighted by molar-refractivity contribution is 6.16. The van der Waals surface area contributed by atoms with Crippen molar-refractivity contribution in [2.24, 2.45) is 7.05 Å². The zero-order valence-electron chi connectivity index (χ0n) is 13.8. The van der Waals surface area contributed by atoms with Crippen molar-refractivity contribution in [1.29, 1.82) is 0 Å². The van der Waals surface area contributed by atoms with Gasteiger partial charge in [0.2, 0.25) is 0 Å². The lowest BCUT2D eigenvalue weighted by Gasteiger charge is -2.11. The number of amides is 1. The summed E-state index contributed by atoms with van der Waals surface area (Å²) < 4.78 is 1.75. The first-order chi connectivity index (χ1) is 12.1. The van der Waals surface area contributed by atoms with E-state index < -0.39 is 0 Å². The predicted octanol–water partition coefficient (Wildman–Crippen LogP) is 3.12. The smallest absolute Gasteiger partial charge is 0.258 e. The fourth-order valence-corrected chi connectivity index (χ4v) is 3.46. The van der Waals surface area contributed by atoms with E-state index in [0.717, 1.165) is 39.5 Å². The van der Waals surface area contributed by atoms with E-state index in [-0.39, 0.29) is 5.91 Å². The summed E-state index contributed by atoms with van der Waals surface area (Å²) in [4.78, 5) is 18.9. The van der Waals surface area contributed by atoms with Gasteiger partial charge < -0.3 is 10.2 Å². The van der Waals surface area contributed by atoms with Crippen LogP contribution in [0.15, 0.2) is 42.9 Å². The van der Waals surface area contributed by atoms with Crippen LogP contribution >= 0.6 is 0 Å². The highest BCUT2D eigenvalue weighted by Gasteiger charge is 2.34. The van der Waals surface area contributed by atoms with Gasteiger partial charge in [0.15, 0.2) is 0 Å². The molecule has 2 aliphatic rings. The molecule has 3 aromatic rings. The van der Waals surface area contributed by atoms with Gasteiger partial charge in [-0.2, -0.15) is 5.10 Å². The molecule has 1 N–H and O–H groups in total. The number of benzene rings is 1. The summed E-state index contributed by atoms with van der Waals surface area (Å²) in [5, 5.41) is 7.64. The van der Waals surface area contributed by atoms with E-state index in [1.54, 1.807) is 22.0 Å². The second-order valence-electron chi connectivity index (χ2n) is 6.31. The van der Waals surface area contributed by atoms with Gasteiger partial charge >= 0.3 is 0 Å². The Morgan fingerprint density at radius 3 is 2.84 bits per heavy atom. The molecule has 1 amide bonds. The summed E-state index contributed by atoms with van der Waals surface area (Å²) in [6.45, 7) is 0. The molecular weight excluding hydrogens is 314 g/mol. The van der Waals surface area contributed by atoms with Gasteiger partial charge in [0.25, 0.3) is 5.91 Å². The van der Waals surface area contributed by atoms with Crippen molar-refractivity contribution in [1.82, 2.24) is 19.7 Å². The van der Waals surface area contributed by atoms with Crippen LogP contribution in [-0.4, -0.2) is 32.6 Å². The Bertz CT molecular complexity index is 1080. The summed E-state index contributed by atoms with van der Waals surface area (Å²) in [7, 11) is 3.69. The molecule has 2 aromatic heterocycles. The summed E-state index contributed by atoms with van der Waals surface area (Å²) in [6.07, 6.45) is 7.52. The fourth-order valence-electron chi connectivity index (χ4n) is 3.46. The van der Waals surface area contributed by atoms with E-state index in [4.69, 9.17) is 0 Å². The van der Waals surface area contributed by atoms with Crippen LogP contribution in [0.25, 0.3) is 22.9 Å². The first kappa shape index (κ1) is 14.0. The number of rotatable bonds is 1. The van der Waals surface area contributed by atoms with Crippen LogP contribution in [0.2, 0.25) is 0 Å². The Kier molecular flexibility index (Phi) is 2.68. The first-order valence-corrected chi connectivity index (χ1v) is 8.01. The maximum absolute atomic E-state index is 12.8. The van der Waals surface area contributed by atoms with Crippen molar-refractivity contribution in [3.63, 3.8) is 0 Å². The van der Waals surface area contributed by atoms with Gasteiger partial charge in [0, 0.05) is 43.2 Å². The summed E-state index contributed by atoms with van der Waals surface area (Å²) in [6, 6.07) is 7.89. The molecule has 122 valence electrons. The molecule has 0 spiro atoms. The fraction of sp³-hybridized carbons (Fsp3) is 0.105. The number of aromatic nitrogens is 3. The summed E-state index contributed by atoms with van der Waals surface area (Å²) in [5.74, 6) is 0.790. The Morgan fingerprint density at radius 2 is 2.04 bits per heavy atom. The molecule has 1 aromatic carbocycles. The van der Waals surface area contributed by atoms with E-state index in [2.05, 4.69) is 21.5 Å². The highest BCUT2D eigenvalue weighted by Crippen LogP contribution is 2.44. The molecule has 0 radical (unpaired) electrons. The van der Waals surface area contributed by atoms with Gasteiger partial charge in [-0.05, 0) is 35.9 Å². The molecule has 0 bridgehead atoms. The molecule has 0 unspecified atom stereocenters. The summed E-state index contributed by atoms with van der Waals surface area (Å²) >= 11 is 0. The molecule has 5 rings (SSSR count). The molecule has 0 atom stereocenters. The third-order valence-corrected chi connectivity index (χ3v) is 4.71. The average Bonchev–Trinajstić information content (AvgIpc) is 3.08. The van der Waals surface area contributed by atoms with E-state index in [9.17, 15) is 4.79 Å². The molecule has 6 heteroatoms. The largest absolute Gasteiger partial charge is 0.339 e. The average molecular weight is 329 g/mol. The third kappa shape index (κ3) is 1.94. The van der Waals surface area contributed by atoms with Crippen LogP contribution < -0.4 is 5.32 Å². The Balaban J connectivity index is 1.80. The maximum atomic E-state index is 12.8. The van der Waals surface area contributed by atoms with Gasteiger partial charge in [0.1, 0.15) is 5.82 Å². The molecule has 25 heavy (non-hydrogen) atoms. The Hall–Kier alpha value is -3.41. The number of fused-ring (bicyclic) bond motifs is 1. The molecule has 0 saturated carbocycles. The van der Waals surface area contributed by atoms with Crippen molar-refractivity contribution in [3.05, 3.63) is 59.5 Å². The topological polar surface area (TPSA) is 63.1 Å². The van der Waals surface area contributed by atoms with Crippen LogP contribution in [0.3, 0.4) is 0 Å². The van der Waals surface area contributed by atoms with Gasteiger partial charge in [-0.15, -0.1) is 0 Å². The zero-order valence-corrected chi connectivity index (χ0v) is 13.8. The number of aryl methyl sites for hydroxylation is 1. The molecule has 6 nitrogen and oxygen atoms in total. The lowest BCUT2D eigenvalue weighted by Crippen LogP contribution is -2.17. The van der Waals surface area contributed by atoms with Crippen LogP contribution in [0.1, 0.15) is 21.5 Å². The van der Waals surface area contributed by atoms with E-state index >= 15 is 0 Å². The van der Waals surface area contributed by atoms with E-state index in [1.807, 2.05) is 44.6 Å². The number of hydrogen-bond acceptors (Lipinski definition) is 4. The molecular formula is C19H15N5O. The third-order valence-electron chi connectivity index (χ3n) is 4.71. The number of nitrogens with one attached hydrogen (secondary N) is 1. The van der Waals surface area contributed by atoms with Crippen molar-refractivity contribution in [2.45, 2.75) is 0 Å². The monoisotopic (exact) mass is 329 g/mol. The van der Waals surface area contributed by atoms with Gasteiger partial charge in [0.05, 0.1) is 23.1 Å². The van der Waals surface area contributed by atoms with Crippen molar-refractivity contribution in [2.75, 3.05) is 12.4 Å². The van der Waals surface area contributed by atoms with Crippen LogP contribution in [0, 0.1) is 0 Å². The van der Waals surface area contributed by atoms with Crippen molar-refractivity contribution >= 4 is 29.2 Å². The van der Waals surface area contributed by atoms with Gasteiger partial charge in [-0.1, -0.05) is 0 Å². The Morgan fingerprint density at radius 1 is 1.16 bits per heavy atom. The second kappa shape index (κ2) is 4.80. The van der Waals surface area contributed by atoms with Crippen LogP contribution in [-0.2, 0) is 7.05 Å². The standard InChI is InChI=1S/C19H15N5O/c1-23-10-13(9-21-23)12-6-14-17-15(7-12)22-18-11(4-3-5-20-18)8-16(17)24(2)19(14)25/h3-10H,1-2H3,(H,20,22). The normalized spacial score (nSPS) is 14.6. The number of nitrogens with zero attached hydrogens (tertiary/aromatic N) is 4. The maximum Gasteiger partial charge on any atom is 0.258 e. The molecule has 2 aliphatic heterocycles. The SMILES string of the molecule is CN1C(=O)c2cc(-c3cnn(C)c3)cc3c2C1=Cc1cccnc1N3. The summed E-state index contributed by atoms with van der Waals surface area (Å²) in [5.41, 5.74) is 6.30. The van der Waals surface area contributed by atoms with Gasteiger partial charge in [-0.3, -0.25) is 9.48 Å². The number of carbonyl (C=O) groups is 1. The first-order valence-electron chi connectivity index (χ1n) is 8.01. The van der Waals surface area contributed by atoms with E-state index in [0.29, 0.717) is 5.56 Å². The lowest BCUT2D eigenvalue weighted by atomic mass is 9.99. The van der Waals surface area contributed by atoms with Crippen LogP contribution in [0.5, 0.6) is 0 Å². The van der Waals surface area contributed by atoms with Crippen molar-refractivity contribution in [3.8, 4) is 11.1 Å². The quantitative estimate of drug-likeness (QED) is 0.745. The second-order valence-corrected chi connectivity index (χ2v) is 6.31. The van der Waals surface area contributed by atoms with E-state index in [1.165, 1.54) is 0 Å². The number of carbonyl (C=O) groups excluding carboxylic acids is 1. The lowest BCUT2D eigenvalue weighted by molar-refractivity contribution is 0.0875. The number of pyridine rings is 1. The minimum Gasteiger partial charge on any atom is -0.339 e. The molecule has 4 heterocycles. The predicted molar refractivity (Wildman–Crippen MR) is 96.1 cm³/mol. The van der Waals surface area contributed by atoms with Gasteiger partial charge in [-0.25, -0.2) is 4.98 Å². The zero-order chi connectivity index (χ0) is 17.1. The number of anilines is 2. The highest BCUT2D eigenvalue weighted by atomic mass is 16.2. The molecule has 0 saturated heterocycles. The molecule has 0 aliphatic carbocycles. The Labute approximate surface area is 144 Å². The van der Waals surface area contributed by atoms with Crippen LogP contribution in [0.4, 0.5) is 11.5 Å². The minimum absolute atomic E-state index is 0.00220.